The van der Waals surface area contributed by atoms with Crippen molar-refractivity contribution in [1.29, 1.82) is 0 Å². The van der Waals surface area contributed by atoms with Crippen LogP contribution in [-0.2, 0) is 4.79 Å². The van der Waals surface area contributed by atoms with E-state index in [2.05, 4.69) is 0 Å². The number of hydrogen-bond acceptors (Lipinski definition) is 6. The minimum absolute atomic E-state index is 0.0258. The lowest BCUT2D eigenvalue weighted by Gasteiger charge is -2.22. The Bertz CT molecular complexity index is 138. The van der Waals surface area contributed by atoms with Gasteiger partial charge in [-0.2, -0.15) is 0 Å². The normalized spacial score (nSPS) is 21.1. The van der Waals surface area contributed by atoms with E-state index in [1.807, 2.05) is 0 Å². The molecule has 12 heavy (non-hydrogen) atoms. The molecule has 0 spiro atoms. The van der Waals surface area contributed by atoms with Crippen molar-refractivity contribution in [2.75, 3.05) is 6.61 Å². The van der Waals surface area contributed by atoms with Gasteiger partial charge in [0.2, 0.25) is 0 Å². The average molecular weight is 186 g/mol. The van der Waals surface area contributed by atoms with Gasteiger partial charge >= 0.3 is 0 Å². The van der Waals surface area contributed by atoms with Crippen LogP contribution in [0, 0.1) is 0 Å². The summed E-state index contributed by atoms with van der Waals surface area (Å²) < 4.78 is 0. The SMILES string of the molecule is O=[13CH][13CH](O)[13CH](O)[13CH](O)[13CH](O)[13CH2]O. The predicted octanol–water partition coefficient (Wildman–Crippen LogP) is -3.38. The van der Waals surface area contributed by atoms with Crippen LogP contribution in [0.2, 0.25) is 0 Å². The van der Waals surface area contributed by atoms with Crippen LogP contribution in [0.4, 0.5) is 0 Å². The number of aliphatic hydroxyl groups excluding tert-OH is 5. The molecule has 0 radical (unpaired) electrons. The molecule has 0 bridgehead atoms. The van der Waals surface area contributed by atoms with E-state index in [1.54, 1.807) is 0 Å². The summed E-state index contributed by atoms with van der Waals surface area (Å²) >= 11 is 0. The Hall–Kier alpha value is -0.530. The molecule has 0 aliphatic carbocycles. The minimum Gasteiger partial charge on any atom is -0.394 e. The molecule has 6 nitrogen and oxygen atoms in total. The minimum atomic E-state index is -1.79. The van der Waals surface area contributed by atoms with Gasteiger partial charge in [0.05, 0.1) is 6.61 Å². The van der Waals surface area contributed by atoms with Crippen LogP contribution < -0.4 is 0 Å². The Morgan fingerprint density at radius 1 is 1.08 bits per heavy atom. The zero-order chi connectivity index (χ0) is 9.72. The molecule has 4 atom stereocenters. The zero-order valence-corrected chi connectivity index (χ0v) is 6.24. The van der Waals surface area contributed by atoms with Gasteiger partial charge in [0.15, 0.2) is 6.29 Å². The number of carbonyl (C=O) groups excluding carboxylic acids is 1. The lowest BCUT2D eigenvalue weighted by atomic mass is 11.0. The van der Waals surface area contributed by atoms with Gasteiger partial charge in [0.1, 0.15) is 24.4 Å². The van der Waals surface area contributed by atoms with E-state index in [-0.39, 0.29) is 6.29 Å². The van der Waals surface area contributed by atoms with Crippen molar-refractivity contribution < 1.29 is 30.3 Å². The highest BCUT2D eigenvalue weighted by Crippen LogP contribution is 2.02. The molecule has 0 saturated heterocycles. The lowest BCUT2D eigenvalue weighted by molar-refractivity contribution is -0.136. The van der Waals surface area contributed by atoms with Gasteiger partial charge in [-0.25, -0.2) is 0 Å². The summed E-state index contributed by atoms with van der Waals surface area (Å²) in [6.45, 7) is -0.760. The van der Waals surface area contributed by atoms with E-state index in [0.717, 1.165) is 0 Å². The van der Waals surface area contributed by atoms with Gasteiger partial charge in [0, 0.05) is 0 Å². The number of aldehydes is 1. The summed E-state index contributed by atoms with van der Waals surface area (Å²) in [7, 11) is 0. The molecule has 72 valence electrons. The topological polar surface area (TPSA) is 118 Å². The molecule has 0 fully saturated rings. The van der Waals surface area contributed by atoms with Crippen molar-refractivity contribution in [3.63, 3.8) is 0 Å². The Kier molecular flexibility index (Phi) is 4.95. The fourth-order valence-electron chi connectivity index (χ4n) is 0.618. The van der Waals surface area contributed by atoms with Crippen LogP contribution in [0.15, 0.2) is 0 Å². The first-order chi connectivity index (χ1) is 5.54. The van der Waals surface area contributed by atoms with E-state index >= 15 is 0 Å². The maximum absolute atomic E-state index is 9.90. The summed E-state index contributed by atoms with van der Waals surface area (Å²) in [4.78, 5) is 9.90. The van der Waals surface area contributed by atoms with E-state index in [0.29, 0.717) is 0 Å². The summed E-state index contributed by atoms with van der Waals surface area (Å²) in [5.41, 5.74) is 0. The molecule has 4 unspecified atom stereocenters. The van der Waals surface area contributed by atoms with Crippen LogP contribution in [0.1, 0.15) is 0 Å². The Labute approximate surface area is 68.7 Å². The molecule has 0 heterocycles. The fourth-order valence-corrected chi connectivity index (χ4v) is 0.618. The molecular weight excluding hydrogens is 174 g/mol. The molecule has 0 aromatic rings. The van der Waals surface area contributed by atoms with Crippen molar-refractivity contribution in [2.45, 2.75) is 24.4 Å². The monoisotopic (exact) mass is 186 g/mol. The smallest absolute Gasteiger partial charge is 0.151 e. The Balaban J connectivity index is 4.07. The quantitative estimate of drug-likeness (QED) is 0.226. The average Bonchev–Trinajstić information content (AvgIpc) is 2.12. The molecule has 0 aromatic carbocycles. The number of aliphatic hydroxyl groups is 5. The first kappa shape index (κ1) is 11.5. The number of carbonyl (C=O) groups is 1. The third kappa shape index (κ3) is 2.84. The summed E-state index contributed by atoms with van der Waals surface area (Å²) in [6.07, 6.45) is -6.84. The third-order valence-corrected chi connectivity index (χ3v) is 1.42. The molecule has 5 N–H and O–H groups in total. The van der Waals surface area contributed by atoms with Crippen LogP contribution in [0.25, 0.3) is 0 Å². The Morgan fingerprint density at radius 3 is 1.92 bits per heavy atom. The van der Waals surface area contributed by atoms with Gasteiger partial charge in [-0.3, -0.25) is 0 Å². The largest absolute Gasteiger partial charge is 0.394 e. The van der Waals surface area contributed by atoms with Crippen molar-refractivity contribution >= 4 is 6.29 Å². The molecule has 0 aliphatic heterocycles. The van der Waals surface area contributed by atoms with Gasteiger partial charge in [-0.15, -0.1) is 0 Å². The van der Waals surface area contributed by atoms with Gasteiger partial charge in [-0.1, -0.05) is 0 Å². The highest BCUT2D eigenvalue weighted by molar-refractivity contribution is 5.56. The molecular formula is C6H12O6. The molecule has 6 heteroatoms. The fraction of sp³-hybridized carbons (Fsp3) is 0.833. The van der Waals surface area contributed by atoms with E-state index in [9.17, 15) is 4.79 Å². The molecule has 0 aromatic heterocycles. The standard InChI is InChI=1S/C6H12O6/c7-1-3(9)5(11)6(12)4(10)2-8/h1,3-6,8-12H,2H2/i1+1,2+1,3+1,4+1,5+1,6+1. The van der Waals surface area contributed by atoms with Crippen LogP contribution >= 0.6 is 0 Å². The van der Waals surface area contributed by atoms with Crippen LogP contribution in [-0.4, -0.2) is 62.8 Å². The maximum Gasteiger partial charge on any atom is 0.151 e. The van der Waals surface area contributed by atoms with Gasteiger partial charge < -0.3 is 30.3 Å². The molecule has 0 aliphatic rings. The van der Waals surface area contributed by atoms with Crippen molar-refractivity contribution in [3.05, 3.63) is 0 Å². The number of rotatable bonds is 5. The Morgan fingerprint density at radius 2 is 1.58 bits per heavy atom. The second kappa shape index (κ2) is 5.18. The maximum atomic E-state index is 9.90. The molecule has 0 rings (SSSR count). The zero-order valence-electron chi connectivity index (χ0n) is 6.24. The highest BCUT2D eigenvalue weighted by atomic mass is 16.6. The third-order valence-electron chi connectivity index (χ3n) is 1.42. The van der Waals surface area contributed by atoms with E-state index in [4.69, 9.17) is 25.5 Å². The van der Waals surface area contributed by atoms with Gasteiger partial charge in [-0.05, 0) is 0 Å². The molecule has 0 amide bonds. The van der Waals surface area contributed by atoms with Crippen molar-refractivity contribution in [1.82, 2.24) is 0 Å². The second-order valence-electron chi connectivity index (χ2n) is 2.36. The van der Waals surface area contributed by atoms with Gasteiger partial charge in [0.25, 0.3) is 0 Å². The van der Waals surface area contributed by atoms with Crippen molar-refractivity contribution in [2.24, 2.45) is 0 Å². The first-order valence-electron chi connectivity index (χ1n) is 3.33. The summed E-state index contributed by atoms with van der Waals surface area (Å²) in [5, 5.41) is 43.5. The second-order valence-corrected chi connectivity index (χ2v) is 2.36. The number of hydrogen-bond donors (Lipinski definition) is 5. The predicted molar refractivity (Wildman–Crippen MR) is 37.2 cm³/mol. The van der Waals surface area contributed by atoms with Crippen LogP contribution in [0.3, 0.4) is 0 Å². The summed E-state index contributed by atoms with van der Waals surface area (Å²) in [6, 6.07) is 0. The summed E-state index contributed by atoms with van der Waals surface area (Å²) in [5.74, 6) is 0. The molecule has 0 saturated carbocycles. The van der Waals surface area contributed by atoms with E-state index in [1.165, 1.54) is 0 Å². The van der Waals surface area contributed by atoms with E-state index < -0.39 is 31.0 Å². The lowest BCUT2D eigenvalue weighted by Crippen LogP contribution is -2.46. The van der Waals surface area contributed by atoms with Crippen LogP contribution in [0.5, 0.6) is 0 Å². The highest BCUT2D eigenvalue weighted by Gasteiger charge is 2.29. The van der Waals surface area contributed by atoms with Crippen molar-refractivity contribution in [3.8, 4) is 0 Å². The first-order valence-corrected chi connectivity index (χ1v) is 3.33.